The first-order valence-corrected chi connectivity index (χ1v) is 7.04. The lowest BCUT2D eigenvalue weighted by atomic mass is 10.0. The summed E-state index contributed by atoms with van der Waals surface area (Å²) in [4.78, 5) is 12.0. The van der Waals surface area contributed by atoms with Crippen molar-refractivity contribution in [3.63, 3.8) is 0 Å². The Morgan fingerprint density at radius 3 is 2.82 bits per heavy atom. The van der Waals surface area contributed by atoms with Crippen LogP contribution in [-0.4, -0.2) is 5.78 Å². The van der Waals surface area contributed by atoms with Gasteiger partial charge < -0.3 is 0 Å². The Labute approximate surface area is 117 Å². The lowest BCUT2D eigenvalue weighted by molar-refractivity contribution is 0.0993. The summed E-state index contributed by atoms with van der Waals surface area (Å²) in [6, 6.07) is 6.42. The van der Waals surface area contributed by atoms with Crippen LogP contribution in [0, 0.1) is 15.6 Å². The first-order chi connectivity index (χ1) is 8.06. The molecule has 0 atom stereocenters. The predicted octanol–water partition coefficient (Wildman–Crippen LogP) is 4.23. The van der Waals surface area contributed by atoms with Gasteiger partial charge in [0, 0.05) is 17.4 Å². The Kier molecular flexibility index (Phi) is 3.93. The quantitative estimate of drug-likeness (QED) is 0.592. The van der Waals surface area contributed by atoms with Crippen molar-refractivity contribution in [3.05, 3.63) is 55.0 Å². The number of halogens is 2. The van der Waals surface area contributed by atoms with E-state index in [1.54, 1.807) is 17.4 Å². The van der Waals surface area contributed by atoms with Gasteiger partial charge in [-0.3, -0.25) is 4.79 Å². The maximum Gasteiger partial charge on any atom is 0.168 e. The summed E-state index contributed by atoms with van der Waals surface area (Å²) in [5.41, 5.74) is 2.42. The lowest BCUT2D eigenvalue weighted by Gasteiger charge is -2.04. The Balaban J connectivity index is 2.21. The van der Waals surface area contributed by atoms with Crippen molar-refractivity contribution in [2.45, 2.75) is 13.3 Å². The van der Waals surface area contributed by atoms with Crippen molar-refractivity contribution in [3.8, 4) is 0 Å². The fourth-order valence-electron chi connectivity index (χ4n) is 1.56. The number of aryl methyl sites for hydroxylation is 1. The third kappa shape index (κ3) is 3.13. The van der Waals surface area contributed by atoms with Gasteiger partial charge >= 0.3 is 0 Å². The Bertz CT molecular complexity index is 562. The maximum atomic E-state index is 13.1. The highest BCUT2D eigenvalue weighted by Gasteiger charge is 2.11. The molecule has 0 fully saturated rings. The van der Waals surface area contributed by atoms with Crippen LogP contribution in [0.1, 0.15) is 21.5 Å². The van der Waals surface area contributed by atoms with E-state index in [0.717, 1.165) is 14.0 Å². The van der Waals surface area contributed by atoms with Crippen LogP contribution in [-0.2, 0) is 6.42 Å². The van der Waals surface area contributed by atoms with Gasteiger partial charge in [-0.15, -0.1) is 11.3 Å². The molecule has 0 N–H and O–H groups in total. The number of thiophene rings is 1. The van der Waals surface area contributed by atoms with Crippen LogP contribution >= 0.6 is 33.9 Å². The van der Waals surface area contributed by atoms with E-state index in [9.17, 15) is 9.18 Å². The maximum absolute atomic E-state index is 13.1. The van der Waals surface area contributed by atoms with E-state index in [1.165, 1.54) is 12.1 Å². The largest absolute Gasteiger partial charge is 0.294 e. The lowest BCUT2D eigenvalue weighted by Crippen LogP contribution is -2.04. The second-order valence-electron chi connectivity index (χ2n) is 3.81. The molecule has 0 aliphatic heterocycles. The van der Waals surface area contributed by atoms with Gasteiger partial charge in [0.2, 0.25) is 0 Å². The van der Waals surface area contributed by atoms with Crippen molar-refractivity contribution in [2.24, 2.45) is 0 Å². The van der Waals surface area contributed by atoms with Gasteiger partial charge in [0.05, 0.1) is 2.88 Å². The van der Waals surface area contributed by atoms with Crippen molar-refractivity contribution in [1.82, 2.24) is 0 Å². The molecule has 1 heterocycles. The van der Waals surface area contributed by atoms with Crippen molar-refractivity contribution in [2.75, 3.05) is 0 Å². The molecule has 0 amide bonds. The number of rotatable bonds is 3. The molecule has 0 saturated carbocycles. The van der Waals surface area contributed by atoms with Gasteiger partial charge in [0.25, 0.3) is 0 Å². The third-order valence-electron chi connectivity index (χ3n) is 2.55. The molecule has 0 unspecified atom stereocenters. The zero-order valence-corrected chi connectivity index (χ0v) is 12.1. The fraction of sp³-hybridized carbons (Fsp3) is 0.154. The number of hydrogen-bond acceptors (Lipinski definition) is 2. The van der Waals surface area contributed by atoms with Gasteiger partial charge in [-0.2, -0.15) is 0 Å². The number of benzene rings is 1. The van der Waals surface area contributed by atoms with E-state index in [4.69, 9.17) is 0 Å². The monoisotopic (exact) mass is 360 g/mol. The molecular formula is C13H10FIOS. The van der Waals surface area contributed by atoms with E-state index in [0.29, 0.717) is 5.56 Å². The van der Waals surface area contributed by atoms with E-state index >= 15 is 0 Å². The molecule has 0 aliphatic carbocycles. The van der Waals surface area contributed by atoms with Crippen LogP contribution in [0.2, 0.25) is 0 Å². The fourth-order valence-corrected chi connectivity index (χ4v) is 2.91. The molecule has 2 aromatic rings. The van der Waals surface area contributed by atoms with Crippen LogP contribution in [0.5, 0.6) is 0 Å². The molecular weight excluding hydrogens is 350 g/mol. The Hall–Kier alpha value is -0.750. The molecule has 2 rings (SSSR count). The van der Waals surface area contributed by atoms with Gasteiger partial charge in [-0.05, 0) is 58.8 Å². The van der Waals surface area contributed by atoms with E-state index in [-0.39, 0.29) is 18.0 Å². The second-order valence-corrected chi connectivity index (χ2v) is 6.62. The van der Waals surface area contributed by atoms with Crippen LogP contribution < -0.4 is 0 Å². The Morgan fingerprint density at radius 2 is 2.18 bits per heavy atom. The van der Waals surface area contributed by atoms with Crippen molar-refractivity contribution in [1.29, 1.82) is 0 Å². The van der Waals surface area contributed by atoms with Crippen molar-refractivity contribution >= 4 is 39.7 Å². The molecule has 17 heavy (non-hydrogen) atoms. The van der Waals surface area contributed by atoms with Crippen LogP contribution in [0.25, 0.3) is 0 Å². The molecule has 1 aromatic carbocycles. The average Bonchev–Trinajstić information content (AvgIpc) is 2.70. The van der Waals surface area contributed by atoms with Crippen molar-refractivity contribution < 1.29 is 9.18 Å². The minimum Gasteiger partial charge on any atom is -0.294 e. The SMILES string of the molecule is Cc1ccc(F)cc1CC(=O)c1csc(I)c1. The van der Waals surface area contributed by atoms with Gasteiger partial charge in [0.15, 0.2) is 5.78 Å². The molecule has 0 aliphatic rings. The van der Waals surface area contributed by atoms with E-state index in [2.05, 4.69) is 22.6 Å². The standard InChI is InChI=1S/C13H10FIOS/c1-8-2-3-11(14)4-9(8)5-12(16)10-6-13(15)17-7-10/h2-4,6-7H,5H2,1H3. The molecule has 0 bridgehead atoms. The smallest absolute Gasteiger partial charge is 0.168 e. The van der Waals surface area contributed by atoms with E-state index in [1.807, 2.05) is 18.4 Å². The minimum absolute atomic E-state index is 0.0397. The summed E-state index contributed by atoms with van der Waals surface area (Å²) in [5, 5.41) is 1.85. The normalized spacial score (nSPS) is 10.5. The first kappa shape index (κ1) is 12.7. The summed E-state index contributed by atoms with van der Waals surface area (Å²) < 4.78 is 14.2. The minimum atomic E-state index is -0.293. The second kappa shape index (κ2) is 5.27. The van der Waals surface area contributed by atoms with Gasteiger partial charge in [-0.25, -0.2) is 4.39 Å². The summed E-state index contributed by atoms with van der Waals surface area (Å²) in [6.45, 7) is 1.89. The first-order valence-electron chi connectivity index (χ1n) is 5.08. The molecule has 1 nitrogen and oxygen atoms in total. The zero-order chi connectivity index (χ0) is 12.4. The summed E-state index contributed by atoms with van der Waals surface area (Å²) in [7, 11) is 0. The van der Waals surface area contributed by atoms with Crippen LogP contribution in [0.4, 0.5) is 4.39 Å². The molecule has 4 heteroatoms. The van der Waals surface area contributed by atoms with Crippen LogP contribution in [0.3, 0.4) is 0 Å². The topological polar surface area (TPSA) is 17.1 Å². The predicted molar refractivity (Wildman–Crippen MR) is 76.2 cm³/mol. The van der Waals surface area contributed by atoms with Gasteiger partial charge in [-0.1, -0.05) is 6.07 Å². The highest BCUT2D eigenvalue weighted by molar-refractivity contribution is 14.1. The molecule has 0 radical (unpaired) electrons. The average molecular weight is 360 g/mol. The number of hydrogen-bond donors (Lipinski definition) is 0. The Morgan fingerprint density at radius 1 is 1.41 bits per heavy atom. The summed E-state index contributed by atoms with van der Waals surface area (Å²) in [5.74, 6) is -0.254. The molecule has 0 spiro atoms. The number of carbonyl (C=O) groups is 1. The van der Waals surface area contributed by atoms with E-state index < -0.39 is 0 Å². The highest BCUT2D eigenvalue weighted by Crippen LogP contribution is 2.19. The number of carbonyl (C=O) groups excluding carboxylic acids is 1. The van der Waals surface area contributed by atoms with Gasteiger partial charge in [0.1, 0.15) is 5.82 Å². The molecule has 0 saturated heterocycles. The molecule has 88 valence electrons. The zero-order valence-electron chi connectivity index (χ0n) is 9.17. The molecule has 1 aromatic heterocycles. The number of ketones is 1. The van der Waals surface area contributed by atoms with Crippen LogP contribution in [0.15, 0.2) is 29.6 Å². The number of Topliss-reactive ketones (excluding diaryl/α,β-unsaturated/α-hetero) is 1. The third-order valence-corrected chi connectivity index (χ3v) is 4.34. The summed E-state index contributed by atoms with van der Waals surface area (Å²) in [6.07, 6.45) is 0.260. The highest BCUT2D eigenvalue weighted by atomic mass is 127. The summed E-state index contributed by atoms with van der Waals surface area (Å²) >= 11 is 3.73.